The number of carbonyl (C=O) groups excluding carboxylic acids is 2. The Morgan fingerprint density at radius 1 is 0.500 bits per heavy atom. The third kappa shape index (κ3) is 36.7. The molecule has 0 aliphatic heterocycles. The standard InChI is InChI=1S/C20H39NO.C16H33NO/c1-3-5-6-7-8-9-10-11-12-13-14-15-16-17-18-19(4-2)20(21)22;1-2-3-4-5-6-7-8-9-10-11-12-13-14-15-16(17)18/h11-12,19H,3-10,13-18H2,1-2H3,(H2,21,22);2-15H2,1H3,(H2,17,18)/b12-11-;. The van der Waals surface area contributed by atoms with Gasteiger partial charge in [0.2, 0.25) is 11.8 Å². The molecule has 0 spiro atoms. The molecule has 0 aromatic carbocycles. The molecular weight excluding hydrogens is 492 g/mol. The smallest absolute Gasteiger partial charge is 0.220 e. The highest BCUT2D eigenvalue weighted by molar-refractivity contribution is 5.76. The van der Waals surface area contributed by atoms with Gasteiger partial charge < -0.3 is 11.5 Å². The molecule has 0 saturated carbocycles. The largest absolute Gasteiger partial charge is 0.370 e. The highest BCUT2D eigenvalue weighted by Gasteiger charge is 2.11. The molecule has 0 radical (unpaired) electrons. The van der Waals surface area contributed by atoms with Gasteiger partial charge in [-0.15, -0.1) is 0 Å². The zero-order valence-corrected chi connectivity index (χ0v) is 27.5. The maximum absolute atomic E-state index is 11.1. The Bertz CT molecular complexity index is 547. The zero-order valence-electron chi connectivity index (χ0n) is 27.5. The topological polar surface area (TPSA) is 86.2 Å². The van der Waals surface area contributed by atoms with Crippen molar-refractivity contribution >= 4 is 11.8 Å². The third-order valence-electron chi connectivity index (χ3n) is 7.99. The van der Waals surface area contributed by atoms with Gasteiger partial charge in [-0.05, 0) is 44.9 Å². The van der Waals surface area contributed by atoms with Gasteiger partial charge in [0.25, 0.3) is 0 Å². The van der Waals surface area contributed by atoms with Crippen molar-refractivity contribution in [1.29, 1.82) is 0 Å². The van der Waals surface area contributed by atoms with Crippen LogP contribution in [0, 0.1) is 5.92 Å². The summed E-state index contributed by atoms with van der Waals surface area (Å²) in [7, 11) is 0. The van der Waals surface area contributed by atoms with E-state index >= 15 is 0 Å². The van der Waals surface area contributed by atoms with E-state index in [0.717, 1.165) is 25.7 Å². The Hall–Kier alpha value is -1.32. The summed E-state index contributed by atoms with van der Waals surface area (Å²) in [5.74, 6) is -0.185. The van der Waals surface area contributed by atoms with Crippen LogP contribution >= 0.6 is 0 Å². The molecule has 2 amide bonds. The maximum atomic E-state index is 11.1. The van der Waals surface area contributed by atoms with E-state index < -0.39 is 0 Å². The Morgan fingerprint density at radius 3 is 1.20 bits per heavy atom. The Kier molecular flexibility index (Phi) is 36.4. The Labute approximate surface area is 251 Å². The van der Waals surface area contributed by atoms with Crippen LogP contribution in [0.3, 0.4) is 0 Å². The maximum Gasteiger partial charge on any atom is 0.220 e. The molecule has 0 fully saturated rings. The number of hydrogen-bond donors (Lipinski definition) is 2. The second-order valence-corrected chi connectivity index (χ2v) is 12.0. The number of carbonyl (C=O) groups is 2. The monoisotopic (exact) mass is 565 g/mol. The lowest BCUT2D eigenvalue weighted by Crippen LogP contribution is -2.22. The Morgan fingerprint density at radius 2 is 0.850 bits per heavy atom. The molecule has 0 rings (SSSR count). The first-order valence-corrected chi connectivity index (χ1v) is 17.7. The SMILES string of the molecule is CCCCCCCC/C=C\CCCCCCC(CC)C(N)=O.CCCCCCCCCCCCCCCC(N)=O. The lowest BCUT2D eigenvalue weighted by atomic mass is 9.97. The predicted octanol–water partition coefficient (Wildman–Crippen LogP) is 11.1. The predicted molar refractivity (Wildman–Crippen MR) is 177 cm³/mol. The molecule has 0 aromatic heterocycles. The minimum atomic E-state index is -0.155. The molecular formula is C36H72N2O2. The van der Waals surface area contributed by atoms with Gasteiger partial charge in [0, 0.05) is 12.3 Å². The fourth-order valence-electron chi connectivity index (χ4n) is 5.15. The van der Waals surface area contributed by atoms with Crippen LogP contribution in [0.4, 0.5) is 0 Å². The van der Waals surface area contributed by atoms with Gasteiger partial charge in [0.05, 0.1) is 0 Å². The second-order valence-electron chi connectivity index (χ2n) is 12.0. The summed E-state index contributed by atoms with van der Waals surface area (Å²) in [5.41, 5.74) is 10.4. The van der Waals surface area contributed by atoms with Crippen molar-refractivity contribution in [3.05, 3.63) is 12.2 Å². The minimum Gasteiger partial charge on any atom is -0.370 e. The van der Waals surface area contributed by atoms with E-state index in [9.17, 15) is 9.59 Å². The summed E-state index contributed by atoms with van der Waals surface area (Å²) in [6, 6.07) is 0. The summed E-state index contributed by atoms with van der Waals surface area (Å²) < 4.78 is 0. The summed E-state index contributed by atoms with van der Waals surface area (Å²) in [5, 5.41) is 0. The molecule has 4 nitrogen and oxygen atoms in total. The first-order chi connectivity index (χ1) is 19.5. The van der Waals surface area contributed by atoms with Crippen molar-refractivity contribution in [1.82, 2.24) is 0 Å². The quantitative estimate of drug-likeness (QED) is 0.0671. The van der Waals surface area contributed by atoms with Gasteiger partial charge in [-0.25, -0.2) is 0 Å². The van der Waals surface area contributed by atoms with Crippen molar-refractivity contribution < 1.29 is 9.59 Å². The van der Waals surface area contributed by atoms with Crippen molar-refractivity contribution in [2.24, 2.45) is 17.4 Å². The molecule has 0 heterocycles. The number of unbranched alkanes of at least 4 members (excludes halogenated alkanes) is 22. The average Bonchev–Trinajstić information content (AvgIpc) is 2.93. The fraction of sp³-hybridized carbons (Fsp3) is 0.889. The van der Waals surface area contributed by atoms with Gasteiger partial charge in [-0.3, -0.25) is 9.59 Å². The fourth-order valence-corrected chi connectivity index (χ4v) is 5.15. The lowest BCUT2D eigenvalue weighted by molar-refractivity contribution is -0.122. The number of amides is 2. The van der Waals surface area contributed by atoms with Crippen LogP contribution in [0.25, 0.3) is 0 Å². The van der Waals surface area contributed by atoms with Crippen molar-refractivity contribution in [2.45, 2.75) is 201 Å². The molecule has 238 valence electrons. The highest BCUT2D eigenvalue weighted by atomic mass is 16.1. The number of nitrogens with two attached hydrogens (primary N) is 2. The van der Waals surface area contributed by atoms with E-state index in [-0.39, 0.29) is 17.7 Å². The summed E-state index contributed by atoms with van der Waals surface area (Å²) in [4.78, 5) is 21.6. The van der Waals surface area contributed by atoms with E-state index in [4.69, 9.17) is 11.5 Å². The molecule has 0 aliphatic carbocycles. The molecule has 40 heavy (non-hydrogen) atoms. The normalized spacial score (nSPS) is 11.9. The number of hydrogen-bond acceptors (Lipinski definition) is 2. The van der Waals surface area contributed by atoms with Crippen molar-refractivity contribution in [2.75, 3.05) is 0 Å². The molecule has 0 aromatic rings. The zero-order chi connectivity index (χ0) is 29.9. The van der Waals surface area contributed by atoms with Gasteiger partial charge in [-0.2, -0.15) is 0 Å². The van der Waals surface area contributed by atoms with Crippen molar-refractivity contribution in [3.8, 4) is 0 Å². The van der Waals surface area contributed by atoms with Crippen LogP contribution in [0.2, 0.25) is 0 Å². The molecule has 1 unspecified atom stereocenters. The van der Waals surface area contributed by atoms with E-state index in [1.165, 1.54) is 148 Å². The van der Waals surface area contributed by atoms with Crippen LogP contribution in [0.15, 0.2) is 12.2 Å². The van der Waals surface area contributed by atoms with E-state index in [1.807, 2.05) is 6.92 Å². The van der Waals surface area contributed by atoms with Gasteiger partial charge in [0.1, 0.15) is 0 Å². The lowest BCUT2D eigenvalue weighted by Gasteiger charge is -2.09. The number of allylic oxidation sites excluding steroid dienone is 2. The summed E-state index contributed by atoms with van der Waals surface area (Å²) >= 11 is 0. The third-order valence-corrected chi connectivity index (χ3v) is 7.99. The van der Waals surface area contributed by atoms with E-state index in [2.05, 4.69) is 26.0 Å². The molecule has 0 aliphatic rings. The van der Waals surface area contributed by atoms with E-state index in [0.29, 0.717) is 6.42 Å². The van der Waals surface area contributed by atoms with Gasteiger partial charge in [-0.1, -0.05) is 161 Å². The second kappa shape index (κ2) is 35.7. The summed E-state index contributed by atoms with van der Waals surface area (Å²) in [6.07, 6.45) is 40.2. The Balaban J connectivity index is 0. The molecule has 0 saturated heterocycles. The molecule has 4 heteroatoms. The van der Waals surface area contributed by atoms with Crippen LogP contribution < -0.4 is 11.5 Å². The summed E-state index contributed by atoms with van der Waals surface area (Å²) in [6.45, 7) is 6.58. The minimum absolute atomic E-state index is 0.0947. The molecule has 4 N–H and O–H groups in total. The van der Waals surface area contributed by atoms with E-state index in [1.54, 1.807) is 0 Å². The van der Waals surface area contributed by atoms with Crippen LogP contribution in [-0.4, -0.2) is 11.8 Å². The van der Waals surface area contributed by atoms with Crippen LogP contribution in [-0.2, 0) is 9.59 Å². The number of primary amides is 2. The number of rotatable bonds is 30. The van der Waals surface area contributed by atoms with Crippen LogP contribution in [0.1, 0.15) is 201 Å². The average molecular weight is 565 g/mol. The van der Waals surface area contributed by atoms with Crippen LogP contribution in [0.5, 0.6) is 0 Å². The highest BCUT2D eigenvalue weighted by Crippen LogP contribution is 2.15. The first-order valence-electron chi connectivity index (χ1n) is 17.7. The molecule has 1 atom stereocenters. The van der Waals surface area contributed by atoms with Gasteiger partial charge in [0.15, 0.2) is 0 Å². The van der Waals surface area contributed by atoms with Crippen molar-refractivity contribution in [3.63, 3.8) is 0 Å². The first kappa shape index (κ1) is 40.8. The van der Waals surface area contributed by atoms with Gasteiger partial charge >= 0.3 is 0 Å². The molecule has 0 bridgehead atoms.